The summed E-state index contributed by atoms with van der Waals surface area (Å²) in [5.41, 5.74) is 4.68. The van der Waals surface area contributed by atoms with Crippen LogP contribution in [-0.4, -0.2) is 40.1 Å². The van der Waals surface area contributed by atoms with Crippen LogP contribution in [-0.2, 0) is 9.63 Å². The van der Waals surface area contributed by atoms with Crippen molar-refractivity contribution < 1.29 is 25.0 Å². The van der Waals surface area contributed by atoms with Crippen LogP contribution >= 0.6 is 0 Å². The molecule has 4 N–H and O–H groups in total. The highest BCUT2D eigenvalue weighted by atomic mass is 16.7. The van der Waals surface area contributed by atoms with Gasteiger partial charge in [0, 0.05) is 11.6 Å². The number of hydrogen-bond acceptors (Lipinski definition) is 5. The Morgan fingerprint density at radius 2 is 2.04 bits per heavy atom. The van der Waals surface area contributed by atoms with E-state index in [-0.39, 0.29) is 11.8 Å². The number of nitrogens with one attached hydrogen (secondary N) is 1. The molecule has 4 atom stereocenters. The molecule has 0 aromatic heterocycles. The molecule has 0 aliphatic heterocycles. The maximum Gasteiger partial charge on any atom is 0.332 e. The predicted molar refractivity (Wildman–Crippen MR) is 94.4 cm³/mol. The van der Waals surface area contributed by atoms with Crippen molar-refractivity contribution in [3.05, 3.63) is 23.4 Å². The lowest BCUT2D eigenvalue weighted by Crippen LogP contribution is -2.30. The molecule has 0 spiro atoms. The van der Waals surface area contributed by atoms with Gasteiger partial charge in [0.05, 0.1) is 12.2 Å². The van der Waals surface area contributed by atoms with E-state index in [0.717, 1.165) is 43.4 Å². The predicted octanol–water partition coefficient (Wildman–Crippen LogP) is 2.38. The van der Waals surface area contributed by atoms with Gasteiger partial charge in [0.15, 0.2) is 6.61 Å². The summed E-state index contributed by atoms with van der Waals surface area (Å²) in [6.45, 7) is 3.97. The second kappa shape index (κ2) is 9.36. The number of hydrogen-bond donors (Lipinski definition) is 4. The smallest absolute Gasteiger partial charge is 0.332 e. The van der Waals surface area contributed by atoms with Crippen molar-refractivity contribution in [2.24, 2.45) is 17.8 Å². The van der Waals surface area contributed by atoms with Gasteiger partial charge in [-0.2, -0.15) is 0 Å². The molecule has 6 heteroatoms. The van der Waals surface area contributed by atoms with Crippen LogP contribution in [0, 0.1) is 17.8 Å². The van der Waals surface area contributed by atoms with Gasteiger partial charge in [-0.1, -0.05) is 38.8 Å². The molecule has 0 bridgehead atoms. The Morgan fingerprint density at radius 3 is 2.68 bits per heavy atom. The molecule has 2 rings (SSSR count). The van der Waals surface area contributed by atoms with E-state index in [1.807, 2.05) is 12.2 Å². The number of carboxylic acids is 1. The second-order valence-corrected chi connectivity index (χ2v) is 7.16. The second-order valence-electron chi connectivity index (χ2n) is 7.16. The Labute approximate surface area is 149 Å². The first-order chi connectivity index (χ1) is 12.0. The zero-order valence-corrected chi connectivity index (χ0v) is 15.1. The van der Waals surface area contributed by atoms with Gasteiger partial charge >= 0.3 is 5.97 Å². The van der Waals surface area contributed by atoms with Gasteiger partial charge in [-0.15, -0.1) is 0 Å². The number of rotatable bonds is 11. The monoisotopic (exact) mass is 353 g/mol. The molecule has 1 fully saturated rings. The average Bonchev–Trinajstić information content (AvgIpc) is 2.81. The third-order valence-electron chi connectivity index (χ3n) is 5.57. The highest BCUT2D eigenvalue weighted by molar-refractivity contribution is 5.67. The maximum absolute atomic E-state index is 10.4. The Morgan fingerprint density at radius 1 is 1.32 bits per heavy atom. The molecule has 142 valence electrons. The lowest BCUT2D eigenvalue weighted by molar-refractivity contribution is -0.144. The van der Waals surface area contributed by atoms with Crippen LogP contribution in [0.15, 0.2) is 23.4 Å². The van der Waals surface area contributed by atoms with Crippen molar-refractivity contribution >= 4 is 5.97 Å². The lowest BCUT2D eigenvalue weighted by atomic mass is 9.79. The average molecular weight is 353 g/mol. The summed E-state index contributed by atoms with van der Waals surface area (Å²) >= 11 is 0. The van der Waals surface area contributed by atoms with Crippen molar-refractivity contribution in [2.75, 3.05) is 6.61 Å². The van der Waals surface area contributed by atoms with Gasteiger partial charge in [-0.3, -0.25) is 10.3 Å². The van der Waals surface area contributed by atoms with E-state index in [1.54, 1.807) is 0 Å². The van der Waals surface area contributed by atoms with Gasteiger partial charge in [-0.25, -0.2) is 4.79 Å². The third-order valence-corrected chi connectivity index (χ3v) is 5.57. The lowest BCUT2D eigenvalue weighted by Gasteiger charge is -2.31. The van der Waals surface area contributed by atoms with Crippen LogP contribution in [0.5, 0.6) is 0 Å². The Bertz CT molecular complexity index is 512. The molecule has 3 unspecified atom stereocenters. The van der Waals surface area contributed by atoms with Gasteiger partial charge in [0.25, 0.3) is 0 Å². The zero-order chi connectivity index (χ0) is 18.4. The molecule has 0 amide bonds. The van der Waals surface area contributed by atoms with Crippen molar-refractivity contribution in [1.82, 2.24) is 5.48 Å². The number of hydroxylamine groups is 1. The number of aliphatic hydroxyl groups is 2. The van der Waals surface area contributed by atoms with E-state index in [1.165, 1.54) is 0 Å². The minimum atomic E-state index is -1.02. The van der Waals surface area contributed by atoms with Gasteiger partial charge < -0.3 is 15.3 Å². The first kappa shape index (κ1) is 19.9. The van der Waals surface area contributed by atoms with E-state index in [0.29, 0.717) is 12.3 Å². The normalized spacial score (nSPS) is 26.8. The van der Waals surface area contributed by atoms with E-state index in [2.05, 4.69) is 19.3 Å². The molecule has 2 aliphatic carbocycles. The number of aliphatic hydroxyl groups excluding tert-OH is 2. The highest BCUT2D eigenvalue weighted by Crippen LogP contribution is 2.49. The van der Waals surface area contributed by atoms with Crippen LogP contribution in [0.4, 0.5) is 0 Å². The summed E-state index contributed by atoms with van der Waals surface area (Å²) in [7, 11) is 0. The molecule has 0 saturated heterocycles. The number of fused-ring (bicyclic) bond motifs is 1. The number of allylic oxidation sites excluding steroid dienone is 1. The van der Waals surface area contributed by atoms with Crippen LogP contribution in [0.2, 0.25) is 0 Å². The Balaban J connectivity index is 1.81. The molecule has 0 radical (unpaired) electrons. The Kier molecular flexibility index (Phi) is 7.47. The fourth-order valence-electron chi connectivity index (χ4n) is 3.85. The van der Waals surface area contributed by atoms with Crippen molar-refractivity contribution in [1.29, 1.82) is 0 Å². The van der Waals surface area contributed by atoms with Gasteiger partial charge in [0.1, 0.15) is 0 Å². The topological polar surface area (TPSA) is 99.0 Å². The molecular formula is C19H31NO5. The minimum Gasteiger partial charge on any atom is -0.479 e. The minimum absolute atomic E-state index is 0.0165. The van der Waals surface area contributed by atoms with Crippen LogP contribution in [0.1, 0.15) is 52.4 Å². The van der Waals surface area contributed by atoms with E-state index < -0.39 is 24.8 Å². The number of carboxylic acid groups (broad SMARTS) is 1. The summed E-state index contributed by atoms with van der Waals surface area (Å²) in [6, 6.07) is 0. The fraction of sp³-hybridized carbons (Fsp3) is 0.737. The highest BCUT2D eigenvalue weighted by Gasteiger charge is 2.44. The van der Waals surface area contributed by atoms with Crippen LogP contribution in [0.3, 0.4) is 0 Å². The molecule has 0 aromatic rings. The van der Waals surface area contributed by atoms with Gasteiger partial charge in [-0.05, 0) is 43.1 Å². The summed E-state index contributed by atoms with van der Waals surface area (Å²) in [6.07, 6.45) is 8.24. The molecule has 0 heterocycles. The molecule has 2 aliphatic rings. The summed E-state index contributed by atoms with van der Waals surface area (Å²) in [5, 5.41) is 29.0. The molecule has 25 heavy (non-hydrogen) atoms. The Hall–Kier alpha value is -1.37. The zero-order valence-electron chi connectivity index (χ0n) is 15.1. The van der Waals surface area contributed by atoms with E-state index in [4.69, 9.17) is 9.94 Å². The SMILES string of the molecule is CCC(CC)CCC(O)C=CC1C(O)CC2=C(NOCC(=O)O)C[C@H]21. The van der Waals surface area contributed by atoms with Crippen molar-refractivity contribution in [3.8, 4) is 0 Å². The summed E-state index contributed by atoms with van der Waals surface area (Å²) in [5.74, 6) is -0.0828. The quantitative estimate of drug-likeness (QED) is 0.336. The molecule has 6 nitrogen and oxygen atoms in total. The van der Waals surface area contributed by atoms with Crippen LogP contribution in [0.25, 0.3) is 0 Å². The summed E-state index contributed by atoms with van der Waals surface area (Å²) < 4.78 is 0. The molecule has 1 saturated carbocycles. The standard InChI is InChI=1S/C19H31NO5/c1-3-12(4-2)5-6-13(21)7-8-14-15-9-17(16(15)10-18(14)22)20-25-11-19(23)24/h7-8,12-15,18,20-22H,3-6,9-11H2,1-2H3,(H,23,24)/t13?,14?,15-,18?/m0/s1. The summed E-state index contributed by atoms with van der Waals surface area (Å²) in [4.78, 5) is 15.4. The number of carbonyl (C=O) groups is 1. The van der Waals surface area contributed by atoms with Crippen molar-refractivity contribution in [3.63, 3.8) is 0 Å². The molecule has 0 aromatic carbocycles. The third kappa shape index (κ3) is 5.30. The van der Waals surface area contributed by atoms with Gasteiger partial charge in [0.2, 0.25) is 0 Å². The van der Waals surface area contributed by atoms with E-state index in [9.17, 15) is 15.0 Å². The fourth-order valence-corrected chi connectivity index (χ4v) is 3.85. The maximum atomic E-state index is 10.4. The first-order valence-electron chi connectivity index (χ1n) is 9.32. The largest absolute Gasteiger partial charge is 0.479 e. The number of aliphatic carboxylic acids is 1. The van der Waals surface area contributed by atoms with Crippen molar-refractivity contribution in [2.45, 2.75) is 64.6 Å². The first-order valence-corrected chi connectivity index (χ1v) is 9.32. The van der Waals surface area contributed by atoms with Crippen LogP contribution < -0.4 is 5.48 Å². The molecular weight excluding hydrogens is 322 g/mol. The van der Waals surface area contributed by atoms with E-state index >= 15 is 0 Å².